The number of aliphatic hydroxyl groups is 1. The smallest absolute Gasteiger partial charge is 0.0517 e. The first kappa shape index (κ1) is 28.0. The van der Waals surface area contributed by atoms with Crippen molar-refractivity contribution in [2.75, 3.05) is 14.2 Å². The lowest BCUT2D eigenvalue weighted by atomic mass is 9.89. The van der Waals surface area contributed by atoms with E-state index in [1.165, 1.54) is 22.4 Å². The average Bonchev–Trinajstić information content (AvgIpc) is 2.72. The monoisotopic (exact) mass is 347 g/mol. The van der Waals surface area contributed by atoms with Crippen molar-refractivity contribution >= 4 is 5.57 Å². The van der Waals surface area contributed by atoms with E-state index in [1.54, 1.807) is 0 Å². The van der Waals surface area contributed by atoms with Crippen LogP contribution in [0.15, 0.2) is 54.8 Å². The lowest BCUT2D eigenvalue weighted by Crippen LogP contribution is -2.26. The molecule has 1 unspecified atom stereocenters. The van der Waals surface area contributed by atoms with Crippen LogP contribution in [0.2, 0.25) is 0 Å². The summed E-state index contributed by atoms with van der Waals surface area (Å²) in [7, 11) is 3.14. The molecule has 0 aliphatic carbocycles. The van der Waals surface area contributed by atoms with Gasteiger partial charge in [-0.15, -0.1) is 0 Å². The number of allylic oxidation sites excluding steroid dienone is 4. The molecule has 0 fully saturated rings. The molecule has 1 aromatic carbocycles. The Morgan fingerprint density at radius 2 is 1.48 bits per heavy atom. The first-order chi connectivity index (χ1) is 12.2. The molecule has 1 N–H and O–H groups in total. The van der Waals surface area contributed by atoms with Crippen LogP contribution < -0.4 is 0 Å². The molecular formula is C23H41NO. The topological polar surface area (TPSA) is 23.5 Å². The summed E-state index contributed by atoms with van der Waals surface area (Å²) in [6.45, 7) is 20.2. The van der Waals surface area contributed by atoms with Gasteiger partial charge in [-0.2, -0.15) is 0 Å². The van der Waals surface area contributed by atoms with Crippen molar-refractivity contribution in [3.63, 3.8) is 0 Å². The number of fused-ring (bicyclic) bond motifs is 1. The highest BCUT2D eigenvalue weighted by Crippen LogP contribution is 2.38. The van der Waals surface area contributed by atoms with Crippen molar-refractivity contribution in [2.24, 2.45) is 0 Å². The van der Waals surface area contributed by atoms with E-state index in [0.29, 0.717) is 6.04 Å². The van der Waals surface area contributed by atoms with Gasteiger partial charge in [0.15, 0.2) is 0 Å². The molecule has 0 radical (unpaired) electrons. The zero-order valence-corrected chi connectivity index (χ0v) is 18.2. The third kappa shape index (κ3) is 7.74. The Labute approximate surface area is 157 Å². The molecule has 0 saturated heterocycles. The lowest BCUT2D eigenvalue weighted by Gasteiger charge is -2.36. The number of hydrogen-bond donors (Lipinski definition) is 1. The molecular weight excluding hydrogens is 306 g/mol. The molecule has 1 aliphatic heterocycles. The highest BCUT2D eigenvalue weighted by Gasteiger charge is 2.24. The highest BCUT2D eigenvalue weighted by atomic mass is 16.2. The second kappa shape index (κ2) is 18.5. The van der Waals surface area contributed by atoms with Gasteiger partial charge in [0, 0.05) is 25.4 Å². The second-order valence-electron chi connectivity index (χ2n) is 4.38. The largest absolute Gasteiger partial charge is 0.400 e. The third-order valence-corrected chi connectivity index (χ3v) is 3.47. The van der Waals surface area contributed by atoms with Crippen molar-refractivity contribution in [3.05, 3.63) is 65.9 Å². The van der Waals surface area contributed by atoms with Gasteiger partial charge in [0.2, 0.25) is 0 Å². The summed E-state index contributed by atoms with van der Waals surface area (Å²) in [5, 5.41) is 7.00. The Kier molecular flexibility index (Phi) is 20.8. The van der Waals surface area contributed by atoms with E-state index >= 15 is 0 Å². The predicted molar refractivity (Wildman–Crippen MR) is 117 cm³/mol. The summed E-state index contributed by atoms with van der Waals surface area (Å²) < 4.78 is 0. The molecule has 2 rings (SSSR count). The maximum absolute atomic E-state index is 7.00. The number of hydrogen-bond acceptors (Lipinski definition) is 2. The van der Waals surface area contributed by atoms with Crippen LogP contribution in [-0.4, -0.2) is 24.2 Å². The van der Waals surface area contributed by atoms with Crippen LogP contribution in [0.5, 0.6) is 0 Å². The molecule has 25 heavy (non-hydrogen) atoms. The van der Waals surface area contributed by atoms with Crippen LogP contribution in [0, 0.1) is 0 Å². The Bertz CT molecular complexity index is 501. The van der Waals surface area contributed by atoms with Crippen molar-refractivity contribution in [2.45, 2.75) is 61.4 Å². The van der Waals surface area contributed by atoms with Crippen molar-refractivity contribution in [1.82, 2.24) is 4.90 Å². The van der Waals surface area contributed by atoms with Gasteiger partial charge in [0.25, 0.3) is 0 Å². The summed E-state index contributed by atoms with van der Waals surface area (Å²) >= 11 is 0. The van der Waals surface area contributed by atoms with E-state index in [0.717, 1.165) is 7.11 Å². The Morgan fingerprint density at radius 1 is 1.00 bits per heavy atom. The fourth-order valence-electron chi connectivity index (χ4n) is 2.43. The van der Waals surface area contributed by atoms with E-state index in [4.69, 9.17) is 5.11 Å². The molecule has 1 heterocycles. The number of rotatable bonds is 2. The molecule has 2 nitrogen and oxygen atoms in total. The van der Waals surface area contributed by atoms with E-state index in [-0.39, 0.29) is 0 Å². The Hall–Kier alpha value is -1.80. The Balaban J connectivity index is -0.000000533. The van der Waals surface area contributed by atoms with Crippen LogP contribution in [-0.2, 0) is 0 Å². The van der Waals surface area contributed by atoms with Gasteiger partial charge < -0.3 is 10.0 Å². The van der Waals surface area contributed by atoms with Crippen LogP contribution in [0.25, 0.3) is 5.57 Å². The summed E-state index contributed by atoms with van der Waals surface area (Å²) in [4.78, 5) is 2.30. The number of likely N-dealkylation sites (N-methyl/N-ethyl adjacent to an activating group) is 1. The van der Waals surface area contributed by atoms with Crippen LogP contribution in [0.1, 0.15) is 72.6 Å². The summed E-state index contributed by atoms with van der Waals surface area (Å²) in [6, 6.07) is 8.98. The van der Waals surface area contributed by atoms with Gasteiger partial charge >= 0.3 is 0 Å². The number of nitrogens with zero attached hydrogens (tertiary/aromatic N) is 1. The van der Waals surface area contributed by atoms with Crippen molar-refractivity contribution in [1.29, 1.82) is 0 Å². The number of aliphatic hydroxyl groups excluding tert-OH is 1. The lowest BCUT2D eigenvalue weighted by molar-refractivity contribution is 0.336. The minimum absolute atomic E-state index is 0.404. The minimum atomic E-state index is 0.404. The van der Waals surface area contributed by atoms with Crippen molar-refractivity contribution < 1.29 is 5.11 Å². The third-order valence-electron chi connectivity index (χ3n) is 3.47. The first-order valence-corrected chi connectivity index (χ1v) is 9.47. The van der Waals surface area contributed by atoms with Gasteiger partial charge in [0.05, 0.1) is 6.04 Å². The molecule has 0 aromatic heterocycles. The molecule has 0 spiro atoms. The van der Waals surface area contributed by atoms with E-state index < -0.39 is 0 Å². The molecule has 2 heteroatoms. The summed E-state index contributed by atoms with van der Waals surface area (Å²) in [5.74, 6) is 0. The van der Waals surface area contributed by atoms with Crippen LogP contribution >= 0.6 is 0 Å². The van der Waals surface area contributed by atoms with Crippen LogP contribution in [0.3, 0.4) is 0 Å². The quantitative estimate of drug-likeness (QED) is 0.632. The van der Waals surface area contributed by atoms with E-state index in [1.807, 2.05) is 54.5 Å². The standard InChI is InChI=1S/C16H19N.3C2H6.CH4O/c1-5-9-16-13(6-2)15-11-8-7-10-14(15)12(3)17(16)4;4*1-2/h5-12H,2H2,1,3-4H3;3*1-2H3;2H,1H3/b9-5-;;;;. The fraction of sp³-hybridized carbons (Fsp3) is 0.478. The molecule has 0 amide bonds. The zero-order chi connectivity index (χ0) is 20.4. The molecule has 0 bridgehead atoms. The van der Waals surface area contributed by atoms with Gasteiger partial charge in [-0.3, -0.25) is 0 Å². The molecule has 1 atom stereocenters. The van der Waals surface area contributed by atoms with E-state index in [2.05, 4.69) is 61.9 Å². The summed E-state index contributed by atoms with van der Waals surface area (Å²) in [6.07, 6.45) is 6.19. The average molecular weight is 348 g/mol. The Morgan fingerprint density at radius 3 is 1.92 bits per heavy atom. The van der Waals surface area contributed by atoms with Gasteiger partial charge in [0.1, 0.15) is 0 Å². The maximum Gasteiger partial charge on any atom is 0.0517 e. The zero-order valence-electron chi connectivity index (χ0n) is 18.2. The normalized spacial score (nSPS) is 14.4. The molecule has 1 aliphatic rings. The molecule has 1 aromatic rings. The molecule has 0 saturated carbocycles. The number of benzene rings is 1. The fourth-order valence-corrected chi connectivity index (χ4v) is 2.43. The van der Waals surface area contributed by atoms with Gasteiger partial charge in [-0.1, -0.05) is 84.5 Å². The SMILES string of the molecule is C=CC1=C(/C=C\C)N(C)C(C)c2ccccc21.CC.CC.CC.CO. The van der Waals surface area contributed by atoms with E-state index in [9.17, 15) is 0 Å². The maximum atomic E-state index is 7.00. The predicted octanol–water partition coefficient (Wildman–Crippen LogP) is 6.85. The summed E-state index contributed by atoms with van der Waals surface area (Å²) in [5.41, 5.74) is 5.15. The molecule has 144 valence electrons. The second-order valence-corrected chi connectivity index (χ2v) is 4.38. The van der Waals surface area contributed by atoms with Gasteiger partial charge in [-0.25, -0.2) is 0 Å². The van der Waals surface area contributed by atoms with Crippen molar-refractivity contribution in [3.8, 4) is 0 Å². The van der Waals surface area contributed by atoms with Gasteiger partial charge in [-0.05, 0) is 31.1 Å². The first-order valence-electron chi connectivity index (χ1n) is 9.47. The van der Waals surface area contributed by atoms with Crippen LogP contribution in [0.4, 0.5) is 0 Å². The highest BCUT2D eigenvalue weighted by molar-refractivity contribution is 5.81. The minimum Gasteiger partial charge on any atom is -0.400 e.